The number of carboxylic acid groups (broad SMARTS) is 1. The van der Waals surface area contributed by atoms with Crippen molar-refractivity contribution in [2.45, 2.75) is 26.3 Å². The Morgan fingerprint density at radius 3 is 2.23 bits per heavy atom. The van der Waals surface area contributed by atoms with Crippen LogP contribution in [0.4, 0.5) is 5.69 Å². The number of rotatable bonds is 7. The predicted octanol–water partition coefficient (Wildman–Crippen LogP) is 3.67. The molecule has 122 valence electrons. The number of benzene rings is 1. The molecule has 1 rings (SSSR count). The molecule has 0 aliphatic heterocycles. The van der Waals surface area contributed by atoms with Crippen LogP contribution in [0.3, 0.4) is 0 Å². The van der Waals surface area contributed by atoms with Gasteiger partial charge in [0.1, 0.15) is 6.04 Å². The fourth-order valence-corrected chi connectivity index (χ4v) is 2.73. The van der Waals surface area contributed by atoms with E-state index in [1.165, 1.54) is 12.1 Å². The molecule has 0 aliphatic rings. The van der Waals surface area contributed by atoms with Crippen LogP contribution in [0.15, 0.2) is 12.1 Å². The Bertz CT molecular complexity index is 543. The van der Waals surface area contributed by atoms with E-state index in [9.17, 15) is 9.59 Å². The van der Waals surface area contributed by atoms with Crippen molar-refractivity contribution in [2.75, 3.05) is 11.9 Å². The Hall–Kier alpha value is -1.01. The van der Waals surface area contributed by atoms with E-state index in [0.717, 1.165) is 0 Å². The lowest BCUT2D eigenvalue weighted by Gasteiger charge is -2.20. The molecule has 0 heterocycles. The third-order valence-corrected chi connectivity index (χ3v) is 4.05. The Kier molecular flexibility index (Phi) is 7.42. The first-order chi connectivity index (χ1) is 10.3. The average Bonchev–Trinajstić information content (AvgIpc) is 2.42. The minimum atomic E-state index is -0.996. The number of nitrogens with one attached hydrogen (secondary N) is 2. The number of amides is 1. The van der Waals surface area contributed by atoms with Crippen LogP contribution in [-0.2, 0) is 9.59 Å². The number of hydrogen-bond acceptors (Lipinski definition) is 3. The van der Waals surface area contributed by atoms with Gasteiger partial charge in [-0.25, -0.2) is 0 Å². The van der Waals surface area contributed by atoms with E-state index in [1.54, 1.807) is 6.92 Å². The van der Waals surface area contributed by atoms with Gasteiger partial charge in [0.15, 0.2) is 0 Å². The number of carboxylic acids is 1. The first kappa shape index (κ1) is 19.0. The highest BCUT2D eigenvalue weighted by molar-refractivity contribution is 6.42. The van der Waals surface area contributed by atoms with E-state index in [1.807, 2.05) is 6.92 Å². The van der Waals surface area contributed by atoms with Crippen LogP contribution < -0.4 is 10.6 Å². The third kappa shape index (κ3) is 5.32. The zero-order chi connectivity index (χ0) is 16.9. The Morgan fingerprint density at radius 1 is 1.23 bits per heavy atom. The summed E-state index contributed by atoms with van der Waals surface area (Å²) >= 11 is 17.7. The summed E-state index contributed by atoms with van der Waals surface area (Å²) in [5, 5.41) is 15.2. The molecule has 0 saturated carbocycles. The van der Waals surface area contributed by atoms with E-state index in [2.05, 4.69) is 10.6 Å². The van der Waals surface area contributed by atoms with E-state index in [0.29, 0.717) is 11.4 Å². The molecule has 3 N–H and O–H groups in total. The molecular weight excluding hydrogens is 351 g/mol. The summed E-state index contributed by atoms with van der Waals surface area (Å²) in [6.07, 6.45) is 0.681. The number of anilines is 1. The van der Waals surface area contributed by atoms with Gasteiger partial charge in [0, 0.05) is 5.02 Å². The molecular formula is C14H17Cl3N2O3. The van der Waals surface area contributed by atoms with Crippen LogP contribution in [0.1, 0.15) is 20.3 Å². The topological polar surface area (TPSA) is 78.4 Å². The van der Waals surface area contributed by atoms with Gasteiger partial charge in [-0.2, -0.15) is 0 Å². The largest absolute Gasteiger partial charge is 0.480 e. The molecule has 1 aromatic carbocycles. The number of aliphatic carboxylic acids is 1. The molecule has 8 heteroatoms. The second-order valence-corrected chi connectivity index (χ2v) is 6.13. The molecule has 0 aromatic heterocycles. The van der Waals surface area contributed by atoms with Crippen LogP contribution in [0.2, 0.25) is 15.1 Å². The highest BCUT2D eigenvalue weighted by atomic mass is 35.5. The van der Waals surface area contributed by atoms with E-state index in [4.69, 9.17) is 39.9 Å². The van der Waals surface area contributed by atoms with Crippen LogP contribution in [0.25, 0.3) is 0 Å². The maximum atomic E-state index is 11.9. The van der Waals surface area contributed by atoms with Gasteiger partial charge in [-0.05, 0) is 18.1 Å². The second kappa shape index (κ2) is 8.58. The molecule has 1 amide bonds. The summed E-state index contributed by atoms with van der Waals surface area (Å²) in [4.78, 5) is 23.1. The number of carbonyl (C=O) groups is 2. The summed E-state index contributed by atoms with van der Waals surface area (Å²) in [6.45, 7) is 3.52. The lowest BCUT2D eigenvalue weighted by Crippen LogP contribution is -2.45. The minimum absolute atomic E-state index is 0.104. The fraction of sp³-hybridized carbons (Fsp3) is 0.429. The quantitative estimate of drug-likeness (QED) is 0.687. The number of hydrogen-bond donors (Lipinski definition) is 3. The van der Waals surface area contributed by atoms with Gasteiger partial charge in [-0.1, -0.05) is 55.1 Å². The van der Waals surface area contributed by atoms with Crippen LogP contribution in [0.5, 0.6) is 0 Å². The summed E-state index contributed by atoms with van der Waals surface area (Å²) in [7, 11) is 0. The molecule has 0 bridgehead atoms. The molecule has 22 heavy (non-hydrogen) atoms. The third-order valence-electron chi connectivity index (χ3n) is 3.23. The normalized spacial score (nSPS) is 13.5. The first-order valence-corrected chi connectivity index (χ1v) is 7.80. The minimum Gasteiger partial charge on any atom is -0.480 e. The molecule has 0 spiro atoms. The first-order valence-electron chi connectivity index (χ1n) is 6.66. The van der Waals surface area contributed by atoms with Gasteiger partial charge in [0.05, 0.1) is 22.3 Å². The maximum Gasteiger partial charge on any atom is 0.320 e. The van der Waals surface area contributed by atoms with Gasteiger partial charge in [-0.15, -0.1) is 0 Å². The fourth-order valence-electron chi connectivity index (χ4n) is 1.82. The number of halogens is 3. The monoisotopic (exact) mass is 366 g/mol. The van der Waals surface area contributed by atoms with Crippen LogP contribution >= 0.6 is 34.8 Å². The zero-order valence-corrected chi connectivity index (χ0v) is 14.4. The lowest BCUT2D eigenvalue weighted by molar-refractivity contribution is -0.140. The van der Waals surface area contributed by atoms with Crippen molar-refractivity contribution in [1.29, 1.82) is 0 Å². The van der Waals surface area contributed by atoms with Gasteiger partial charge >= 0.3 is 5.97 Å². The molecule has 2 atom stereocenters. The average molecular weight is 368 g/mol. The lowest BCUT2D eigenvalue weighted by atomic mass is 9.99. The Labute approximate surface area is 143 Å². The van der Waals surface area contributed by atoms with Crippen molar-refractivity contribution in [3.63, 3.8) is 0 Å². The highest BCUT2D eigenvalue weighted by Crippen LogP contribution is 2.33. The van der Waals surface area contributed by atoms with E-state index in [-0.39, 0.29) is 28.2 Å². The molecule has 0 saturated heterocycles. The molecule has 0 fully saturated rings. The standard InChI is InChI=1S/C14H17Cl3N2O3/c1-3-7(2)12(14(21)22)18-6-11(20)19-13-9(16)4-8(15)5-10(13)17/h4-5,7,12,18H,3,6H2,1-2H3,(H,19,20)(H,21,22)/t7-,12-/m0/s1. The smallest absolute Gasteiger partial charge is 0.320 e. The van der Waals surface area contributed by atoms with Crippen molar-refractivity contribution < 1.29 is 14.7 Å². The Morgan fingerprint density at radius 2 is 1.77 bits per heavy atom. The molecule has 0 radical (unpaired) electrons. The van der Waals surface area contributed by atoms with Crippen LogP contribution in [-0.4, -0.2) is 29.6 Å². The van der Waals surface area contributed by atoms with Gasteiger partial charge in [-0.3, -0.25) is 14.9 Å². The van der Waals surface area contributed by atoms with Gasteiger partial charge in [0.25, 0.3) is 0 Å². The summed E-state index contributed by atoms with van der Waals surface area (Å²) < 4.78 is 0. The van der Waals surface area contributed by atoms with E-state index < -0.39 is 17.9 Å². The molecule has 0 aliphatic carbocycles. The van der Waals surface area contributed by atoms with E-state index >= 15 is 0 Å². The second-order valence-electron chi connectivity index (χ2n) is 4.87. The van der Waals surface area contributed by atoms with Crippen molar-refractivity contribution in [3.05, 3.63) is 27.2 Å². The highest BCUT2D eigenvalue weighted by Gasteiger charge is 2.23. The van der Waals surface area contributed by atoms with Crippen molar-refractivity contribution in [1.82, 2.24) is 5.32 Å². The Balaban J connectivity index is 2.69. The molecule has 0 unspecified atom stereocenters. The number of carbonyl (C=O) groups excluding carboxylic acids is 1. The van der Waals surface area contributed by atoms with Gasteiger partial charge < -0.3 is 10.4 Å². The van der Waals surface area contributed by atoms with Gasteiger partial charge in [0.2, 0.25) is 5.91 Å². The maximum absolute atomic E-state index is 11.9. The molecule has 1 aromatic rings. The van der Waals surface area contributed by atoms with Crippen molar-refractivity contribution in [2.24, 2.45) is 5.92 Å². The predicted molar refractivity (Wildman–Crippen MR) is 89.0 cm³/mol. The van der Waals surface area contributed by atoms with Crippen LogP contribution in [0, 0.1) is 5.92 Å². The zero-order valence-electron chi connectivity index (χ0n) is 12.1. The summed E-state index contributed by atoms with van der Waals surface area (Å²) in [6, 6.07) is 2.11. The summed E-state index contributed by atoms with van der Waals surface area (Å²) in [5.41, 5.74) is 0.245. The SMILES string of the molecule is CC[C@H](C)[C@H](NCC(=O)Nc1c(Cl)cc(Cl)cc1Cl)C(=O)O. The summed E-state index contributed by atoms with van der Waals surface area (Å²) in [5.74, 6) is -1.54. The van der Waals surface area contributed by atoms with Crippen molar-refractivity contribution in [3.8, 4) is 0 Å². The van der Waals surface area contributed by atoms with Crippen molar-refractivity contribution >= 4 is 52.4 Å². The molecule has 5 nitrogen and oxygen atoms in total.